The van der Waals surface area contributed by atoms with Gasteiger partial charge in [-0.3, -0.25) is 0 Å². The van der Waals surface area contributed by atoms with Gasteiger partial charge in [-0.25, -0.2) is 9.97 Å². The third-order valence-electron chi connectivity index (χ3n) is 3.57. The number of unbranched alkanes of at least 4 members (excludes halogenated alkanes) is 1. The van der Waals surface area contributed by atoms with E-state index >= 15 is 0 Å². The molecule has 0 saturated heterocycles. The van der Waals surface area contributed by atoms with Gasteiger partial charge in [0.05, 0.1) is 0 Å². The fourth-order valence-corrected chi connectivity index (χ4v) is 2.66. The lowest BCUT2D eigenvalue weighted by molar-refractivity contribution is 0.791. The first-order valence-electron chi connectivity index (χ1n) is 7.77. The summed E-state index contributed by atoms with van der Waals surface area (Å²) in [5, 5.41) is 9.27. The molecule has 2 heterocycles. The summed E-state index contributed by atoms with van der Waals surface area (Å²) in [6.45, 7) is 1.77. The second-order valence-corrected chi connectivity index (χ2v) is 5.65. The summed E-state index contributed by atoms with van der Waals surface area (Å²) in [6.07, 6.45) is 3.90. The van der Waals surface area contributed by atoms with Crippen LogP contribution in [0.4, 0.5) is 11.6 Å². The lowest BCUT2D eigenvalue weighted by Crippen LogP contribution is -2.08. The van der Waals surface area contributed by atoms with Crippen LogP contribution in [0.2, 0.25) is 5.15 Å². The number of nitrogens with one attached hydrogen (secondary N) is 2. The van der Waals surface area contributed by atoms with Crippen molar-refractivity contribution in [2.75, 3.05) is 23.7 Å². The lowest BCUT2D eigenvalue weighted by atomic mass is 10.2. The zero-order chi connectivity index (χ0) is 15.9. The van der Waals surface area contributed by atoms with Crippen LogP contribution in [0.25, 0.3) is 10.8 Å². The number of fused-ring (bicyclic) bond motifs is 1. The van der Waals surface area contributed by atoms with E-state index in [9.17, 15) is 0 Å². The average molecular weight is 327 g/mol. The summed E-state index contributed by atoms with van der Waals surface area (Å²) in [6, 6.07) is 15.9. The van der Waals surface area contributed by atoms with Gasteiger partial charge in [0.25, 0.3) is 0 Å². The molecular weight excluding hydrogens is 308 g/mol. The zero-order valence-electron chi connectivity index (χ0n) is 12.8. The van der Waals surface area contributed by atoms with E-state index in [0.29, 0.717) is 5.15 Å². The summed E-state index contributed by atoms with van der Waals surface area (Å²) < 4.78 is 0. The molecule has 0 saturated carbocycles. The van der Waals surface area contributed by atoms with E-state index in [1.165, 1.54) is 0 Å². The molecule has 0 spiro atoms. The molecule has 0 radical (unpaired) electrons. The van der Waals surface area contributed by atoms with E-state index in [-0.39, 0.29) is 0 Å². The Kier molecular flexibility index (Phi) is 5.27. The molecule has 3 rings (SSSR count). The van der Waals surface area contributed by atoms with E-state index in [1.54, 1.807) is 6.20 Å². The maximum absolute atomic E-state index is 6.22. The van der Waals surface area contributed by atoms with Crippen molar-refractivity contribution < 1.29 is 0 Å². The molecular formula is C18H19ClN4. The number of nitrogens with zero attached hydrogens (tertiary/aromatic N) is 2. The third-order valence-corrected chi connectivity index (χ3v) is 3.86. The molecule has 4 nitrogen and oxygen atoms in total. The van der Waals surface area contributed by atoms with Gasteiger partial charge in [0.15, 0.2) is 0 Å². The molecule has 23 heavy (non-hydrogen) atoms. The normalized spacial score (nSPS) is 10.7. The second-order valence-electron chi connectivity index (χ2n) is 5.30. The van der Waals surface area contributed by atoms with Crippen LogP contribution in [0.3, 0.4) is 0 Å². The van der Waals surface area contributed by atoms with E-state index in [4.69, 9.17) is 11.6 Å². The van der Waals surface area contributed by atoms with Gasteiger partial charge in [0.1, 0.15) is 16.8 Å². The first-order valence-corrected chi connectivity index (χ1v) is 8.15. The quantitative estimate of drug-likeness (QED) is 0.492. The van der Waals surface area contributed by atoms with Crippen LogP contribution in [0.1, 0.15) is 12.8 Å². The molecule has 3 aromatic rings. The molecule has 0 bridgehead atoms. The molecule has 0 atom stereocenters. The zero-order valence-corrected chi connectivity index (χ0v) is 13.6. The van der Waals surface area contributed by atoms with Crippen LogP contribution in [-0.4, -0.2) is 23.1 Å². The second kappa shape index (κ2) is 7.79. The van der Waals surface area contributed by atoms with Crippen LogP contribution in [-0.2, 0) is 0 Å². The van der Waals surface area contributed by atoms with Crippen molar-refractivity contribution >= 4 is 34.0 Å². The fraction of sp³-hybridized carbons (Fsp3) is 0.222. The van der Waals surface area contributed by atoms with Crippen LogP contribution in [0.15, 0.2) is 54.7 Å². The fourth-order valence-electron chi connectivity index (χ4n) is 2.40. The molecule has 0 aliphatic rings. The summed E-state index contributed by atoms with van der Waals surface area (Å²) in [5.41, 5.74) is 0. The first kappa shape index (κ1) is 15.6. The molecule has 0 aliphatic carbocycles. The molecule has 0 unspecified atom stereocenters. The van der Waals surface area contributed by atoms with E-state index in [2.05, 4.69) is 20.6 Å². The minimum Gasteiger partial charge on any atom is -0.370 e. The highest BCUT2D eigenvalue weighted by atomic mass is 35.5. The Labute approximate surface area is 140 Å². The standard InChI is InChI=1S/C18H19ClN4/c19-18-15-8-2-1-7-14(15)13-17(23-18)22-12-6-5-11-21-16-9-3-4-10-20-16/h1-4,7-10,13H,5-6,11-12H2,(H,20,21)(H,22,23). The Bertz CT molecular complexity index is 761. The molecule has 118 valence electrons. The Morgan fingerprint density at radius 1 is 0.870 bits per heavy atom. The van der Waals surface area contributed by atoms with Crippen LogP contribution >= 0.6 is 11.6 Å². The van der Waals surface area contributed by atoms with Gasteiger partial charge in [0, 0.05) is 24.7 Å². The van der Waals surface area contributed by atoms with Crippen LogP contribution in [0.5, 0.6) is 0 Å². The van der Waals surface area contributed by atoms with Crippen molar-refractivity contribution in [1.82, 2.24) is 9.97 Å². The number of pyridine rings is 2. The topological polar surface area (TPSA) is 49.8 Å². The smallest absolute Gasteiger partial charge is 0.139 e. The highest BCUT2D eigenvalue weighted by Crippen LogP contribution is 2.24. The van der Waals surface area contributed by atoms with Crippen LogP contribution < -0.4 is 10.6 Å². The number of halogens is 1. The largest absolute Gasteiger partial charge is 0.370 e. The Morgan fingerprint density at radius 2 is 1.61 bits per heavy atom. The van der Waals surface area contributed by atoms with Gasteiger partial charge < -0.3 is 10.6 Å². The molecule has 1 aromatic carbocycles. The van der Waals surface area contributed by atoms with Crippen molar-refractivity contribution in [3.8, 4) is 0 Å². The Morgan fingerprint density at radius 3 is 2.39 bits per heavy atom. The van der Waals surface area contributed by atoms with Crippen LogP contribution in [0, 0.1) is 0 Å². The van der Waals surface area contributed by atoms with Gasteiger partial charge in [-0.2, -0.15) is 0 Å². The number of rotatable bonds is 7. The summed E-state index contributed by atoms with van der Waals surface area (Å²) >= 11 is 6.22. The number of anilines is 2. The SMILES string of the molecule is Clc1nc(NCCCCNc2ccccn2)cc2ccccc12. The van der Waals surface area contributed by atoms with Crippen molar-refractivity contribution in [3.05, 3.63) is 59.9 Å². The van der Waals surface area contributed by atoms with Gasteiger partial charge in [-0.05, 0) is 36.4 Å². The summed E-state index contributed by atoms with van der Waals surface area (Å²) in [4.78, 5) is 8.63. The molecule has 0 fully saturated rings. The minimum atomic E-state index is 0.544. The molecule has 0 aliphatic heterocycles. The minimum absolute atomic E-state index is 0.544. The van der Waals surface area contributed by atoms with E-state index < -0.39 is 0 Å². The summed E-state index contributed by atoms with van der Waals surface area (Å²) in [7, 11) is 0. The molecule has 5 heteroatoms. The maximum atomic E-state index is 6.22. The predicted molar refractivity (Wildman–Crippen MR) is 97.2 cm³/mol. The number of hydrogen-bond donors (Lipinski definition) is 2. The number of benzene rings is 1. The number of hydrogen-bond acceptors (Lipinski definition) is 4. The Balaban J connectivity index is 1.44. The van der Waals surface area contributed by atoms with Crippen molar-refractivity contribution in [2.24, 2.45) is 0 Å². The lowest BCUT2D eigenvalue weighted by Gasteiger charge is -2.09. The maximum Gasteiger partial charge on any atom is 0.139 e. The van der Waals surface area contributed by atoms with Crippen molar-refractivity contribution in [3.63, 3.8) is 0 Å². The monoisotopic (exact) mass is 326 g/mol. The molecule has 2 aromatic heterocycles. The van der Waals surface area contributed by atoms with Gasteiger partial charge in [0.2, 0.25) is 0 Å². The molecule has 0 amide bonds. The van der Waals surface area contributed by atoms with Crippen molar-refractivity contribution in [2.45, 2.75) is 12.8 Å². The van der Waals surface area contributed by atoms with Gasteiger partial charge in [-0.1, -0.05) is 41.9 Å². The van der Waals surface area contributed by atoms with Crippen molar-refractivity contribution in [1.29, 1.82) is 0 Å². The number of aromatic nitrogens is 2. The van der Waals surface area contributed by atoms with E-state index in [0.717, 1.165) is 48.3 Å². The van der Waals surface area contributed by atoms with Gasteiger partial charge >= 0.3 is 0 Å². The van der Waals surface area contributed by atoms with E-state index in [1.807, 2.05) is 48.5 Å². The highest BCUT2D eigenvalue weighted by molar-refractivity contribution is 6.34. The average Bonchev–Trinajstić information content (AvgIpc) is 2.59. The third kappa shape index (κ3) is 4.33. The first-order chi connectivity index (χ1) is 11.3. The highest BCUT2D eigenvalue weighted by Gasteiger charge is 2.03. The van der Waals surface area contributed by atoms with Gasteiger partial charge in [-0.15, -0.1) is 0 Å². The predicted octanol–water partition coefficient (Wildman–Crippen LogP) is 4.59. The Hall–Kier alpha value is -2.33. The summed E-state index contributed by atoms with van der Waals surface area (Å²) in [5.74, 6) is 1.75. The molecule has 2 N–H and O–H groups in total.